The van der Waals surface area contributed by atoms with Gasteiger partial charge in [-0.1, -0.05) is 51.1 Å². The van der Waals surface area contributed by atoms with Gasteiger partial charge < -0.3 is 5.32 Å². The maximum atomic E-state index is 12.5. The second-order valence-electron chi connectivity index (χ2n) is 7.52. The van der Waals surface area contributed by atoms with Crippen LogP contribution in [0, 0.1) is 0 Å². The Labute approximate surface area is 155 Å². The van der Waals surface area contributed by atoms with Crippen LogP contribution in [0.3, 0.4) is 0 Å². The summed E-state index contributed by atoms with van der Waals surface area (Å²) in [5.41, 5.74) is 3.09. The molecule has 0 bridgehead atoms. The fraction of sp³-hybridized carbons (Fsp3) is 0.350. The number of sulfonamides is 1. The molecule has 0 fully saturated rings. The Balaban J connectivity index is 2.10. The number of hydrogen-bond acceptors (Lipinski definition) is 3. The molecular formula is C20H26N2O3S. The van der Waals surface area contributed by atoms with E-state index < -0.39 is 10.0 Å². The lowest BCUT2D eigenvalue weighted by Gasteiger charge is -2.21. The highest BCUT2D eigenvalue weighted by Crippen LogP contribution is 2.24. The highest BCUT2D eigenvalue weighted by molar-refractivity contribution is 7.92. The number of hydrogen-bond donors (Lipinski definition) is 2. The first-order valence-corrected chi connectivity index (χ1v) is 10.3. The fourth-order valence-electron chi connectivity index (χ4n) is 2.57. The number of rotatable bonds is 5. The normalized spacial score (nSPS) is 13.1. The van der Waals surface area contributed by atoms with E-state index in [-0.39, 0.29) is 17.4 Å². The first-order valence-electron chi connectivity index (χ1n) is 8.45. The topological polar surface area (TPSA) is 75.3 Å². The van der Waals surface area contributed by atoms with Gasteiger partial charge in [-0.3, -0.25) is 9.52 Å². The lowest BCUT2D eigenvalue weighted by atomic mass is 9.86. The van der Waals surface area contributed by atoms with Crippen molar-refractivity contribution >= 4 is 21.6 Å². The van der Waals surface area contributed by atoms with Crippen molar-refractivity contribution in [3.8, 4) is 0 Å². The zero-order valence-corrected chi connectivity index (χ0v) is 16.6. The SMILES string of the molecule is C[C@@H](NC(=O)c1cccc(NS(C)(=O)=O)c1)c1ccc(C(C)(C)C)cc1. The fourth-order valence-corrected chi connectivity index (χ4v) is 3.13. The van der Waals surface area contributed by atoms with Gasteiger partial charge >= 0.3 is 0 Å². The molecule has 0 heterocycles. The number of carbonyl (C=O) groups is 1. The summed E-state index contributed by atoms with van der Waals surface area (Å²) >= 11 is 0. The summed E-state index contributed by atoms with van der Waals surface area (Å²) in [6.07, 6.45) is 1.07. The number of carbonyl (C=O) groups excluding carboxylic acids is 1. The molecular weight excluding hydrogens is 348 g/mol. The summed E-state index contributed by atoms with van der Waals surface area (Å²) in [6, 6.07) is 14.5. The summed E-state index contributed by atoms with van der Waals surface area (Å²) in [5, 5.41) is 2.94. The molecule has 2 aromatic rings. The molecule has 26 heavy (non-hydrogen) atoms. The first-order chi connectivity index (χ1) is 12.0. The predicted octanol–water partition coefficient (Wildman–Crippen LogP) is 3.85. The zero-order valence-electron chi connectivity index (χ0n) is 15.8. The lowest BCUT2D eigenvalue weighted by molar-refractivity contribution is 0.0940. The highest BCUT2D eigenvalue weighted by atomic mass is 32.2. The maximum Gasteiger partial charge on any atom is 0.251 e. The molecule has 0 aliphatic heterocycles. The van der Waals surface area contributed by atoms with Crippen LogP contribution in [0.2, 0.25) is 0 Å². The number of anilines is 1. The Hall–Kier alpha value is -2.34. The smallest absolute Gasteiger partial charge is 0.251 e. The van der Waals surface area contributed by atoms with Gasteiger partial charge in [0, 0.05) is 11.3 Å². The summed E-state index contributed by atoms with van der Waals surface area (Å²) < 4.78 is 25.0. The van der Waals surface area contributed by atoms with Gasteiger partial charge in [0.05, 0.1) is 12.3 Å². The molecule has 0 unspecified atom stereocenters. The molecule has 0 aliphatic rings. The lowest BCUT2D eigenvalue weighted by Crippen LogP contribution is -2.26. The Bertz CT molecular complexity index is 882. The Morgan fingerprint density at radius 1 is 1.04 bits per heavy atom. The van der Waals surface area contributed by atoms with Crippen molar-refractivity contribution in [1.82, 2.24) is 5.32 Å². The molecule has 0 aliphatic carbocycles. The minimum Gasteiger partial charge on any atom is -0.346 e. The molecule has 0 saturated heterocycles. The number of amides is 1. The van der Waals surface area contributed by atoms with Gasteiger partial charge in [-0.15, -0.1) is 0 Å². The van der Waals surface area contributed by atoms with E-state index in [0.717, 1.165) is 11.8 Å². The molecule has 5 nitrogen and oxygen atoms in total. The van der Waals surface area contributed by atoms with Crippen LogP contribution >= 0.6 is 0 Å². The van der Waals surface area contributed by atoms with Gasteiger partial charge in [0.25, 0.3) is 5.91 Å². The average Bonchev–Trinajstić information content (AvgIpc) is 2.52. The third-order valence-electron chi connectivity index (χ3n) is 4.05. The van der Waals surface area contributed by atoms with Gasteiger partial charge in [0.15, 0.2) is 0 Å². The van der Waals surface area contributed by atoms with E-state index in [0.29, 0.717) is 11.3 Å². The Morgan fingerprint density at radius 2 is 1.65 bits per heavy atom. The minimum absolute atomic E-state index is 0.0814. The Kier molecular flexibility index (Phi) is 5.76. The summed E-state index contributed by atoms with van der Waals surface area (Å²) in [4.78, 5) is 12.5. The predicted molar refractivity (Wildman–Crippen MR) is 106 cm³/mol. The van der Waals surface area contributed by atoms with Crippen molar-refractivity contribution in [1.29, 1.82) is 0 Å². The molecule has 0 spiro atoms. The molecule has 0 saturated carbocycles. The highest BCUT2D eigenvalue weighted by Gasteiger charge is 2.16. The van der Waals surface area contributed by atoms with Crippen molar-refractivity contribution in [2.45, 2.75) is 39.2 Å². The van der Waals surface area contributed by atoms with Gasteiger partial charge in [-0.2, -0.15) is 0 Å². The molecule has 2 rings (SSSR count). The van der Waals surface area contributed by atoms with Crippen LogP contribution in [-0.4, -0.2) is 20.6 Å². The summed E-state index contributed by atoms with van der Waals surface area (Å²) in [5.74, 6) is -0.255. The number of nitrogens with one attached hydrogen (secondary N) is 2. The third-order valence-corrected chi connectivity index (χ3v) is 4.66. The molecule has 2 N–H and O–H groups in total. The Morgan fingerprint density at radius 3 is 2.19 bits per heavy atom. The third kappa shape index (κ3) is 5.59. The van der Waals surface area contributed by atoms with Gasteiger partial charge in [-0.05, 0) is 41.7 Å². The summed E-state index contributed by atoms with van der Waals surface area (Å²) in [7, 11) is -3.38. The molecule has 1 amide bonds. The molecule has 1 atom stereocenters. The van der Waals surface area contributed by atoms with Gasteiger partial charge in [0.1, 0.15) is 0 Å². The molecule has 0 radical (unpaired) electrons. The summed E-state index contributed by atoms with van der Waals surface area (Å²) in [6.45, 7) is 8.39. The molecule has 140 valence electrons. The van der Waals surface area contributed by atoms with Crippen molar-refractivity contribution in [2.24, 2.45) is 0 Å². The monoisotopic (exact) mass is 374 g/mol. The minimum atomic E-state index is -3.38. The molecule has 0 aromatic heterocycles. The van der Waals surface area contributed by atoms with Crippen LogP contribution < -0.4 is 10.0 Å². The van der Waals surface area contributed by atoms with Crippen LogP contribution in [0.25, 0.3) is 0 Å². The first kappa shape index (κ1) is 20.0. The van der Waals surface area contributed by atoms with Crippen LogP contribution in [-0.2, 0) is 15.4 Å². The quantitative estimate of drug-likeness (QED) is 0.835. The number of benzene rings is 2. The van der Waals surface area contributed by atoms with E-state index in [4.69, 9.17) is 0 Å². The van der Waals surface area contributed by atoms with Crippen molar-refractivity contribution in [2.75, 3.05) is 11.0 Å². The largest absolute Gasteiger partial charge is 0.346 e. The van der Waals surface area contributed by atoms with E-state index in [1.807, 2.05) is 19.1 Å². The van der Waals surface area contributed by atoms with Crippen molar-refractivity contribution in [3.05, 3.63) is 65.2 Å². The van der Waals surface area contributed by atoms with Gasteiger partial charge in [-0.25, -0.2) is 8.42 Å². The van der Waals surface area contributed by atoms with E-state index in [1.165, 1.54) is 11.6 Å². The molecule has 6 heteroatoms. The van der Waals surface area contributed by atoms with Crippen molar-refractivity contribution in [3.63, 3.8) is 0 Å². The van der Waals surface area contributed by atoms with E-state index in [9.17, 15) is 13.2 Å². The van der Waals surface area contributed by atoms with Crippen LogP contribution in [0.1, 0.15) is 55.2 Å². The van der Waals surface area contributed by atoms with E-state index >= 15 is 0 Å². The van der Waals surface area contributed by atoms with Crippen LogP contribution in [0.4, 0.5) is 5.69 Å². The second-order valence-corrected chi connectivity index (χ2v) is 9.27. The zero-order chi connectivity index (χ0) is 19.5. The average molecular weight is 375 g/mol. The van der Waals surface area contributed by atoms with E-state index in [1.54, 1.807) is 18.2 Å². The second kappa shape index (κ2) is 7.50. The van der Waals surface area contributed by atoms with Gasteiger partial charge in [0.2, 0.25) is 10.0 Å². The van der Waals surface area contributed by atoms with Crippen molar-refractivity contribution < 1.29 is 13.2 Å². The van der Waals surface area contributed by atoms with Crippen LogP contribution in [0.5, 0.6) is 0 Å². The van der Waals surface area contributed by atoms with E-state index in [2.05, 4.69) is 42.9 Å². The maximum absolute atomic E-state index is 12.5. The van der Waals surface area contributed by atoms with Crippen LogP contribution in [0.15, 0.2) is 48.5 Å². The molecule has 2 aromatic carbocycles. The standard InChI is InChI=1S/C20H26N2O3S/c1-14(15-9-11-17(12-10-15)20(2,3)4)21-19(23)16-7-6-8-18(13-16)22-26(5,24)25/h6-14,22H,1-5H3,(H,21,23)/t14-/m1/s1.